The highest BCUT2D eigenvalue weighted by Gasteiger charge is 2.58. The molecule has 0 amide bonds. The summed E-state index contributed by atoms with van der Waals surface area (Å²) in [6.45, 7) is 16.6. The summed E-state index contributed by atoms with van der Waals surface area (Å²) in [5.41, 5.74) is 0.117. The van der Waals surface area contributed by atoms with Crippen LogP contribution < -0.4 is 0 Å². The van der Waals surface area contributed by atoms with Gasteiger partial charge in [0, 0.05) is 11.8 Å². The summed E-state index contributed by atoms with van der Waals surface area (Å²) in [6, 6.07) is 0. The van der Waals surface area contributed by atoms with Crippen LogP contribution in [0.5, 0.6) is 0 Å². The molecule has 4 aliphatic rings. The van der Waals surface area contributed by atoms with Crippen LogP contribution in [-0.2, 0) is 9.22 Å². The molecule has 4 rings (SSSR count). The summed E-state index contributed by atoms with van der Waals surface area (Å²) >= 11 is 0. The van der Waals surface area contributed by atoms with Gasteiger partial charge in [0.05, 0.1) is 5.60 Å². The van der Waals surface area contributed by atoms with E-state index in [0.717, 1.165) is 30.1 Å². The van der Waals surface area contributed by atoms with E-state index in [1.807, 2.05) is 0 Å². The van der Waals surface area contributed by atoms with Gasteiger partial charge < -0.3 is 4.43 Å². The van der Waals surface area contributed by atoms with Crippen LogP contribution >= 0.6 is 0 Å². The number of carbonyl (C=O) groups is 1. The van der Waals surface area contributed by atoms with Gasteiger partial charge in [0.1, 0.15) is 5.78 Å². The lowest BCUT2D eigenvalue weighted by atomic mass is 9.50. The van der Waals surface area contributed by atoms with Gasteiger partial charge in [-0.15, -0.1) is 0 Å². The molecule has 0 radical (unpaired) electrons. The standard InChI is InChI=1S/C25H44O2Si/c1-23(2,3)28(6,7)27-24(4)14-12-18-17(16-24)8-9-20-19(18)13-15-25(5)21(20)10-11-22(25)26/h17-21H,8-16H2,1-7H3/t17-,18+,19-,20-,21+,24-,25+/m1/s1. The molecule has 0 spiro atoms. The van der Waals surface area contributed by atoms with Gasteiger partial charge in [0.15, 0.2) is 8.32 Å². The van der Waals surface area contributed by atoms with Gasteiger partial charge in [0.2, 0.25) is 0 Å². The van der Waals surface area contributed by atoms with E-state index in [-0.39, 0.29) is 16.1 Å². The molecular formula is C25H44O2Si. The van der Waals surface area contributed by atoms with Gasteiger partial charge in [-0.25, -0.2) is 0 Å². The first-order chi connectivity index (χ1) is 12.9. The van der Waals surface area contributed by atoms with Gasteiger partial charge in [-0.3, -0.25) is 4.79 Å². The molecule has 0 heterocycles. The lowest BCUT2D eigenvalue weighted by Gasteiger charge is -2.57. The van der Waals surface area contributed by atoms with E-state index in [1.54, 1.807) is 0 Å². The Labute approximate surface area is 174 Å². The molecule has 2 nitrogen and oxygen atoms in total. The zero-order chi connectivity index (χ0) is 20.5. The highest BCUT2D eigenvalue weighted by Crippen LogP contribution is 2.62. The highest BCUT2D eigenvalue weighted by atomic mass is 28.4. The molecule has 3 heteroatoms. The molecule has 0 unspecified atom stereocenters. The molecule has 0 aromatic carbocycles. The molecule has 0 aliphatic heterocycles. The third kappa shape index (κ3) is 3.27. The van der Waals surface area contributed by atoms with E-state index in [0.29, 0.717) is 11.7 Å². The summed E-state index contributed by atoms with van der Waals surface area (Å²) < 4.78 is 7.01. The van der Waals surface area contributed by atoms with Crippen LogP contribution in [0.1, 0.15) is 92.4 Å². The Bertz CT molecular complexity index is 635. The second kappa shape index (κ2) is 6.67. The zero-order valence-electron chi connectivity index (χ0n) is 19.6. The molecule has 0 aromatic rings. The Morgan fingerprint density at radius 1 is 0.929 bits per heavy atom. The topological polar surface area (TPSA) is 26.3 Å². The Hall–Kier alpha value is -0.153. The van der Waals surface area contributed by atoms with E-state index in [1.165, 1.54) is 51.4 Å². The highest BCUT2D eigenvalue weighted by molar-refractivity contribution is 6.74. The zero-order valence-corrected chi connectivity index (χ0v) is 20.6. The minimum Gasteiger partial charge on any atom is -0.412 e. The Kier molecular flexibility index (Phi) is 5.03. The van der Waals surface area contributed by atoms with Gasteiger partial charge in [-0.2, -0.15) is 0 Å². The van der Waals surface area contributed by atoms with Crippen LogP contribution in [-0.4, -0.2) is 19.7 Å². The summed E-state index contributed by atoms with van der Waals surface area (Å²) in [5.74, 6) is 4.74. The van der Waals surface area contributed by atoms with Crippen molar-refractivity contribution in [3.05, 3.63) is 0 Å². The maximum atomic E-state index is 12.6. The van der Waals surface area contributed by atoms with Crippen LogP contribution in [0.3, 0.4) is 0 Å². The maximum Gasteiger partial charge on any atom is 0.192 e. The normalized spacial score (nSPS) is 46.7. The average Bonchev–Trinajstić information content (AvgIpc) is 2.88. The van der Waals surface area contributed by atoms with Crippen LogP contribution in [0.4, 0.5) is 0 Å². The number of carbonyl (C=O) groups excluding carboxylic acids is 1. The molecule has 4 aliphatic carbocycles. The van der Waals surface area contributed by atoms with Gasteiger partial charge in [-0.1, -0.05) is 27.7 Å². The molecule has 0 saturated heterocycles. The van der Waals surface area contributed by atoms with Gasteiger partial charge in [0.25, 0.3) is 0 Å². The summed E-state index contributed by atoms with van der Waals surface area (Å²) in [5, 5.41) is 0.285. The van der Waals surface area contributed by atoms with Gasteiger partial charge >= 0.3 is 0 Å². The summed E-state index contributed by atoms with van der Waals surface area (Å²) in [7, 11) is -1.73. The van der Waals surface area contributed by atoms with Crippen molar-refractivity contribution >= 4 is 14.1 Å². The van der Waals surface area contributed by atoms with E-state index in [2.05, 4.69) is 47.7 Å². The monoisotopic (exact) mass is 404 g/mol. The SMILES string of the molecule is CC(C)(C)[Si](C)(C)O[C@]1(C)CC[C@H]2[C@H](CC[C@@H]3[C@@H]2CC[C@]2(C)C(=O)CC[C@@H]32)C1. The van der Waals surface area contributed by atoms with Crippen LogP contribution in [0.2, 0.25) is 18.1 Å². The third-order valence-electron chi connectivity index (χ3n) is 10.2. The van der Waals surface area contributed by atoms with Crippen molar-refractivity contribution in [1.82, 2.24) is 0 Å². The van der Waals surface area contributed by atoms with Crippen LogP contribution in [0.15, 0.2) is 0 Å². The number of fused-ring (bicyclic) bond motifs is 5. The Morgan fingerprint density at radius 2 is 1.61 bits per heavy atom. The third-order valence-corrected chi connectivity index (χ3v) is 14.9. The van der Waals surface area contributed by atoms with Gasteiger partial charge in [-0.05, 0) is 106 Å². The molecule has 28 heavy (non-hydrogen) atoms. The van der Waals surface area contributed by atoms with Crippen molar-refractivity contribution in [2.75, 3.05) is 0 Å². The first kappa shape index (κ1) is 21.1. The summed E-state index contributed by atoms with van der Waals surface area (Å²) in [4.78, 5) is 12.6. The predicted octanol–water partition coefficient (Wildman–Crippen LogP) is 6.99. The van der Waals surface area contributed by atoms with E-state index in [9.17, 15) is 4.79 Å². The van der Waals surface area contributed by atoms with E-state index in [4.69, 9.17) is 4.43 Å². The van der Waals surface area contributed by atoms with Crippen molar-refractivity contribution in [2.24, 2.45) is 35.0 Å². The number of hydrogen-bond donors (Lipinski definition) is 0. The van der Waals surface area contributed by atoms with Crippen LogP contribution in [0.25, 0.3) is 0 Å². The second-order valence-electron chi connectivity index (χ2n) is 12.9. The van der Waals surface area contributed by atoms with E-state index < -0.39 is 8.32 Å². The number of hydrogen-bond acceptors (Lipinski definition) is 2. The Morgan fingerprint density at radius 3 is 2.29 bits per heavy atom. The van der Waals surface area contributed by atoms with Crippen molar-refractivity contribution in [3.8, 4) is 0 Å². The average molecular weight is 405 g/mol. The van der Waals surface area contributed by atoms with E-state index >= 15 is 0 Å². The minimum atomic E-state index is -1.73. The molecule has 0 bridgehead atoms. The first-order valence-corrected chi connectivity index (χ1v) is 15.0. The molecule has 4 saturated carbocycles. The van der Waals surface area contributed by atoms with Crippen molar-refractivity contribution in [2.45, 2.75) is 116 Å². The number of rotatable bonds is 2. The number of Topliss-reactive ketones (excluding diaryl/α,β-unsaturated/α-hetero) is 1. The molecular weight excluding hydrogens is 360 g/mol. The molecule has 160 valence electrons. The molecule has 4 fully saturated rings. The lowest BCUT2D eigenvalue weighted by molar-refractivity contribution is -0.134. The molecule has 0 aromatic heterocycles. The summed E-state index contributed by atoms with van der Waals surface area (Å²) in [6.07, 6.45) is 11.1. The quantitative estimate of drug-likeness (QED) is 0.464. The predicted molar refractivity (Wildman–Crippen MR) is 119 cm³/mol. The molecule has 0 N–H and O–H groups in total. The maximum absolute atomic E-state index is 12.6. The fourth-order valence-corrected chi connectivity index (χ4v) is 9.42. The van der Waals surface area contributed by atoms with Crippen molar-refractivity contribution in [1.29, 1.82) is 0 Å². The Balaban J connectivity index is 1.47. The second-order valence-corrected chi connectivity index (χ2v) is 17.6. The van der Waals surface area contributed by atoms with Crippen molar-refractivity contribution in [3.63, 3.8) is 0 Å². The molecule has 7 atom stereocenters. The van der Waals surface area contributed by atoms with Crippen molar-refractivity contribution < 1.29 is 9.22 Å². The lowest BCUT2D eigenvalue weighted by Crippen LogP contribution is -2.54. The fourth-order valence-electron chi connectivity index (χ4n) is 7.70. The van der Waals surface area contributed by atoms with Crippen LogP contribution in [0, 0.1) is 35.0 Å². The minimum absolute atomic E-state index is 0.0304. The first-order valence-electron chi connectivity index (χ1n) is 12.1. The fraction of sp³-hybridized carbons (Fsp3) is 0.960. The smallest absolute Gasteiger partial charge is 0.192 e. The number of ketones is 1. The largest absolute Gasteiger partial charge is 0.412 e.